The zero-order chi connectivity index (χ0) is 48.8. The summed E-state index contributed by atoms with van der Waals surface area (Å²) in [5, 5.41) is 53.8. The summed E-state index contributed by atoms with van der Waals surface area (Å²) in [6.45, 7) is 3.21. The number of aromatic hydroxyl groups is 2. The van der Waals surface area contributed by atoms with Crippen LogP contribution >= 0.6 is 0 Å². The number of phenols is 2. The second-order valence-electron chi connectivity index (χ2n) is 17.2. The summed E-state index contributed by atoms with van der Waals surface area (Å²) in [6.07, 6.45) is 15.3. The van der Waals surface area contributed by atoms with Crippen molar-refractivity contribution in [3.63, 3.8) is 0 Å². The van der Waals surface area contributed by atoms with Gasteiger partial charge < -0.3 is 56.8 Å². The number of nitrogens with one attached hydrogen (secondary N) is 5. The molecule has 2 aromatic rings. The van der Waals surface area contributed by atoms with Crippen molar-refractivity contribution >= 4 is 41.4 Å². The number of carbonyl (C=O) groups is 7. The van der Waals surface area contributed by atoms with Crippen LogP contribution in [0, 0.1) is 0 Å². The van der Waals surface area contributed by atoms with Crippen molar-refractivity contribution in [1.29, 1.82) is 0 Å². The lowest BCUT2D eigenvalue weighted by Crippen LogP contribution is -2.56. The Morgan fingerprint density at radius 2 is 1.32 bits per heavy atom. The number of phenolic OH excluding ortho intramolecular Hbond substituents is 2. The monoisotopic (exact) mass is 924 g/mol. The average Bonchev–Trinajstić information content (AvgIpc) is 3.29. The van der Waals surface area contributed by atoms with Crippen LogP contribution in [0.2, 0.25) is 0 Å². The molecule has 0 radical (unpaired) electrons. The van der Waals surface area contributed by atoms with Crippen LogP contribution in [0.1, 0.15) is 128 Å². The van der Waals surface area contributed by atoms with Gasteiger partial charge in [0.05, 0.1) is 19.8 Å². The van der Waals surface area contributed by atoms with E-state index >= 15 is 0 Å². The van der Waals surface area contributed by atoms with Crippen LogP contribution in [0.5, 0.6) is 11.5 Å². The third kappa shape index (κ3) is 16.9. The minimum absolute atomic E-state index is 0.0520. The predicted octanol–water partition coefficient (Wildman–Crippen LogP) is 2.84. The van der Waals surface area contributed by atoms with Crippen LogP contribution in [-0.2, 0) is 40.0 Å². The van der Waals surface area contributed by atoms with Crippen molar-refractivity contribution in [1.82, 2.24) is 36.4 Å². The molecule has 66 heavy (non-hydrogen) atoms. The standard InChI is InChI=1S/C48H73N7O11/c1-6-7-8-9-10-11-12-13-14-15-16-17-18-19-41(60)54(4)38(30-57)47(65)51-31(2)44(62)50-29-42(61)55(5)43-34-21-23-40(59)36(28-34)35-26-33(20-22-39(35)58)27-37(46(64)49-24-25-56)53-45(63)32(3)52-48(43)66/h20-23,26,28,31-32,37-38,43,56-59H,6-19,24-25,27,29-30H2,1-5H3,(H,49,64)(H,50,62)(H,51,65)(H,52,66)(H,53,63)/t31-,32+,37+,38-,43+/m1/s1. The van der Waals surface area contributed by atoms with E-state index in [1.807, 2.05) is 0 Å². The first-order valence-electron chi connectivity index (χ1n) is 23.4. The molecule has 7 amide bonds. The van der Waals surface area contributed by atoms with Crippen molar-refractivity contribution in [2.75, 3.05) is 40.4 Å². The SMILES string of the molecule is CCCCCCCCCCCCCCCC(=O)N(C)[C@H](CO)C(=O)N[C@H](C)C(=O)NCC(=O)N(C)[C@@H]1C(=O)N[C@@H](C)C(=O)N[C@H](C(=O)NCCO)Cc2ccc(O)c(c2)-c2cc1ccc2O. The number of hydrogen-bond acceptors (Lipinski definition) is 11. The molecule has 3 rings (SSSR count). The second kappa shape index (κ2) is 28.3. The minimum atomic E-state index is -1.46. The molecule has 0 spiro atoms. The van der Waals surface area contributed by atoms with Gasteiger partial charge in [0.15, 0.2) is 0 Å². The Hall–Kier alpha value is -5.75. The molecule has 2 aromatic carbocycles. The van der Waals surface area contributed by atoms with Gasteiger partial charge in [0.2, 0.25) is 41.4 Å². The molecule has 0 unspecified atom stereocenters. The fraction of sp³-hybridized carbons (Fsp3) is 0.604. The maximum Gasteiger partial charge on any atom is 0.248 e. The maximum absolute atomic E-state index is 14.0. The van der Waals surface area contributed by atoms with Crippen LogP contribution in [-0.4, -0.2) is 136 Å². The zero-order valence-electron chi connectivity index (χ0n) is 39.3. The van der Waals surface area contributed by atoms with Gasteiger partial charge in [0, 0.05) is 44.6 Å². The predicted molar refractivity (Wildman–Crippen MR) is 249 cm³/mol. The Morgan fingerprint density at radius 3 is 1.91 bits per heavy atom. The minimum Gasteiger partial charge on any atom is -0.507 e. The van der Waals surface area contributed by atoms with Gasteiger partial charge in [-0.2, -0.15) is 0 Å². The first-order valence-corrected chi connectivity index (χ1v) is 23.4. The normalized spacial score (nSPS) is 17.0. The lowest BCUT2D eigenvalue weighted by molar-refractivity contribution is -0.142. The highest BCUT2D eigenvalue weighted by Crippen LogP contribution is 2.38. The molecule has 5 atom stereocenters. The lowest BCUT2D eigenvalue weighted by Gasteiger charge is -2.30. The number of fused-ring (bicyclic) bond motifs is 5. The summed E-state index contributed by atoms with van der Waals surface area (Å²) in [6, 6.07) is 2.15. The molecular weight excluding hydrogens is 851 g/mol. The lowest BCUT2D eigenvalue weighted by atomic mass is 9.93. The molecule has 18 nitrogen and oxygen atoms in total. The molecule has 1 heterocycles. The Balaban J connectivity index is 1.63. The van der Waals surface area contributed by atoms with Gasteiger partial charge in [-0.3, -0.25) is 33.6 Å². The third-order valence-corrected chi connectivity index (χ3v) is 11.9. The molecule has 1 aliphatic rings. The fourth-order valence-electron chi connectivity index (χ4n) is 7.80. The number of carbonyl (C=O) groups excluding carboxylic acids is 7. The Labute approximate surface area is 388 Å². The summed E-state index contributed by atoms with van der Waals surface area (Å²) in [7, 11) is 2.71. The molecule has 0 saturated carbocycles. The Kier molecular flexibility index (Phi) is 23.4. The van der Waals surface area contributed by atoms with Crippen LogP contribution in [0.25, 0.3) is 11.1 Å². The van der Waals surface area contributed by atoms with Crippen molar-refractivity contribution in [2.45, 2.75) is 147 Å². The van der Waals surface area contributed by atoms with E-state index in [2.05, 4.69) is 33.5 Å². The molecule has 0 saturated heterocycles. The van der Waals surface area contributed by atoms with Gasteiger partial charge in [-0.25, -0.2) is 0 Å². The summed E-state index contributed by atoms with van der Waals surface area (Å²) < 4.78 is 0. The zero-order valence-corrected chi connectivity index (χ0v) is 39.3. The number of unbranched alkanes of at least 4 members (excludes halogenated alkanes) is 12. The van der Waals surface area contributed by atoms with E-state index in [9.17, 15) is 54.0 Å². The molecule has 18 heteroatoms. The second-order valence-corrected chi connectivity index (χ2v) is 17.2. The fourth-order valence-corrected chi connectivity index (χ4v) is 7.80. The van der Waals surface area contributed by atoms with E-state index in [1.165, 1.54) is 127 Å². The van der Waals surface area contributed by atoms with Gasteiger partial charge in [0.1, 0.15) is 41.7 Å². The van der Waals surface area contributed by atoms with Crippen molar-refractivity contribution < 1.29 is 54.0 Å². The molecule has 0 aromatic heterocycles. The van der Waals surface area contributed by atoms with Crippen molar-refractivity contribution in [2.24, 2.45) is 0 Å². The maximum atomic E-state index is 14.0. The van der Waals surface area contributed by atoms with E-state index in [0.717, 1.165) is 24.2 Å². The van der Waals surface area contributed by atoms with Crippen LogP contribution < -0.4 is 26.6 Å². The van der Waals surface area contributed by atoms with Crippen LogP contribution in [0.3, 0.4) is 0 Å². The summed E-state index contributed by atoms with van der Waals surface area (Å²) in [5.74, 6) is -5.34. The molecule has 9 N–H and O–H groups in total. The summed E-state index contributed by atoms with van der Waals surface area (Å²) >= 11 is 0. The molecule has 4 bridgehead atoms. The van der Waals surface area contributed by atoms with E-state index in [0.29, 0.717) is 12.0 Å². The average molecular weight is 924 g/mol. The van der Waals surface area contributed by atoms with E-state index < -0.39 is 78.8 Å². The quantitative estimate of drug-likeness (QED) is 0.0654. The number of aliphatic hydroxyl groups excluding tert-OH is 2. The molecule has 1 aliphatic heterocycles. The van der Waals surface area contributed by atoms with Crippen LogP contribution in [0.4, 0.5) is 0 Å². The number of amides is 7. The smallest absolute Gasteiger partial charge is 0.248 e. The van der Waals surface area contributed by atoms with Crippen molar-refractivity contribution in [3.8, 4) is 22.6 Å². The molecular formula is C48H73N7O11. The molecule has 0 aliphatic carbocycles. The number of hydrogen-bond donors (Lipinski definition) is 9. The van der Waals surface area contributed by atoms with Gasteiger partial charge in [-0.05, 0) is 55.7 Å². The Bertz CT molecular complexity index is 1950. The third-order valence-electron chi connectivity index (χ3n) is 11.9. The highest BCUT2D eigenvalue weighted by molar-refractivity contribution is 5.97. The summed E-state index contributed by atoms with van der Waals surface area (Å²) in [4.78, 5) is 95.7. The number of benzene rings is 2. The first kappa shape index (κ1) is 54.6. The largest absolute Gasteiger partial charge is 0.507 e. The van der Waals surface area contributed by atoms with Gasteiger partial charge in [-0.1, -0.05) is 96.1 Å². The van der Waals surface area contributed by atoms with Crippen LogP contribution in [0.15, 0.2) is 36.4 Å². The molecule has 366 valence electrons. The van der Waals surface area contributed by atoms with Gasteiger partial charge in [0.25, 0.3) is 0 Å². The van der Waals surface area contributed by atoms with E-state index in [4.69, 9.17) is 0 Å². The Morgan fingerprint density at radius 1 is 0.742 bits per heavy atom. The van der Waals surface area contributed by atoms with Crippen molar-refractivity contribution in [3.05, 3.63) is 47.5 Å². The number of nitrogens with zero attached hydrogens (tertiary/aromatic N) is 2. The molecule has 0 fully saturated rings. The number of likely N-dealkylation sites (N-methyl/N-ethyl adjacent to an activating group) is 2. The van der Waals surface area contributed by atoms with E-state index in [1.54, 1.807) is 0 Å². The highest BCUT2D eigenvalue weighted by Gasteiger charge is 2.34. The first-order chi connectivity index (χ1) is 31.5. The van der Waals surface area contributed by atoms with Gasteiger partial charge >= 0.3 is 0 Å². The number of rotatable bonds is 25. The topological polar surface area (TPSA) is 267 Å². The number of aliphatic hydroxyl groups is 2. The summed E-state index contributed by atoms with van der Waals surface area (Å²) in [5.41, 5.74) is 0.875. The highest BCUT2D eigenvalue weighted by atomic mass is 16.3. The van der Waals surface area contributed by atoms with Gasteiger partial charge in [-0.15, -0.1) is 0 Å². The van der Waals surface area contributed by atoms with E-state index in [-0.39, 0.29) is 60.1 Å².